The Labute approximate surface area is 215 Å². The van der Waals surface area contributed by atoms with Gasteiger partial charge in [-0.15, -0.1) is 0 Å². The van der Waals surface area contributed by atoms with E-state index >= 15 is 0 Å². The summed E-state index contributed by atoms with van der Waals surface area (Å²) in [4.78, 5) is 25.5. The first kappa shape index (κ1) is 24.3. The largest absolute Gasteiger partial charge is 0.493 e. The van der Waals surface area contributed by atoms with Gasteiger partial charge in [0.05, 0.1) is 12.2 Å². The minimum Gasteiger partial charge on any atom is -0.493 e. The second-order valence-electron chi connectivity index (χ2n) is 10.2. The van der Waals surface area contributed by atoms with Crippen LogP contribution >= 0.6 is 11.6 Å². The van der Waals surface area contributed by atoms with Crippen LogP contribution in [0.4, 0.5) is 5.69 Å². The Bertz CT molecular complexity index is 1350. The van der Waals surface area contributed by atoms with Crippen LogP contribution in [0, 0.1) is 0 Å². The maximum Gasteiger partial charge on any atom is 0.338 e. The van der Waals surface area contributed by atoms with Crippen molar-refractivity contribution in [2.45, 2.75) is 50.7 Å². The molecule has 1 unspecified atom stereocenters. The smallest absolute Gasteiger partial charge is 0.338 e. The number of aliphatic hydroxyl groups is 1. The Balaban J connectivity index is 1.48. The number of ether oxygens (including phenoxy) is 2. The highest BCUT2D eigenvalue weighted by Gasteiger charge is 2.43. The van der Waals surface area contributed by atoms with Crippen molar-refractivity contribution in [3.63, 3.8) is 0 Å². The molecular formula is C29H28ClNO5. The zero-order chi connectivity index (χ0) is 25.5. The average Bonchev–Trinajstić information content (AvgIpc) is 3.46. The van der Waals surface area contributed by atoms with E-state index in [0.29, 0.717) is 34.0 Å². The van der Waals surface area contributed by atoms with Crippen LogP contribution in [0.5, 0.6) is 5.75 Å². The molecule has 0 saturated carbocycles. The number of hydrogen-bond acceptors (Lipinski definition) is 5. The topological polar surface area (TPSA) is 84.9 Å². The first-order valence-corrected chi connectivity index (χ1v) is 12.4. The van der Waals surface area contributed by atoms with Crippen molar-refractivity contribution < 1.29 is 24.2 Å². The lowest BCUT2D eigenvalue weighted by Crippen LogP contribution is -2.49. The van der Waals surface area contributed by atoms with E-state index in [1.54, 1.807) is 24.3 Å². The van der Waals surface area contributed by atoms with E-state index in [9.17, 15) is 14.7 Å². The summed E-state index contributed by atoms with van der Waals surface area (Å²) in [5, 5.41) is 15.4. The summed E-state index contributed by atoms with van der Waals surface area (Å²) in [5.41, 5.74) is 2.04. The van der Waals surface area contributed by atoms with Gasteiger partial charge in [-0.05, 0) is 47.2 Å². The molecule has 2 heterocycles. The second-order valence-corrected chi connectivity index (χ2v) is 10.6. The first-order valence-electron chi connectivity index (χ1n) is 12.0. The second kappa shape index (κ2) is 9.26. The van der Waals surface area contributed by atoms with Gasteiger partial charge in [0, 0.05) is 34.7 Å². The number of rotatable bonds is 7. The van der Waals surface area contributed by atoms with E-state index in [1.165, 1.54) is 0 Å². The minimum atomic E-state index is -1.79. The highest BCUT2D eigenvalue weighted by molar-refractivity contribution is 6.31. The summed E-state index contributed by atoms with van der Waals surface area (Å²) >= 11 is 6.43. The quantitative estimate of drug-likeness (QED) is 0.430. The van der Waals surface area contributed by atoms with Crippen LogP contribution in [0.25, 0.3) is 0 Å². The number of amides is 1. The fourth-order valence-corrected chi connectivity index (χ4v) is 5.42. The van der Waals surface area contributed by atoms with Gasteiger partial charge >= 0.3 is 5.97 Å². The van der Waals surface area contributed by atoms with Crippen molar-refractivity contribution in [3.05, 3.63) is 93.5 Å². The van der Waals surface area contributed by atoms with Crippen molar-refractivity contribution in [1.29, 1.82) is 0 Å². The summed E-state index contributed by atoms with van der Waals surface area (Å²) in [5.74, 6) is -0.0852. The van der Waals surface area contributed by atoms with Crippen LogP contribution in [-0.4, -0.2) is 29.2 Å². The Morgan fingerprint density at radius 2 is 1.86 bits per heavy atom. The molecule has 2 aliphatic heterocycles. The Kier molecular flexibility index (Phi) is 6.27. The number of esters is 1. The number of carbonyl (C=O) groups excluding carboxylic acids is 2. The molecule has 2 aliphatic rings. The van der Waals surface area contributed by atoms with Gasteiger partial charge in [0.1, 0.15) is 18.0 Å². The fourth-order valence-electron chi connectivity index (χ4n) is 5.21. The van der Waals surface area contributed by atoms with Crippen molar-refractivity contribution >= 4 is 29.2 Å². The number of benzene rings is 3. The number of hydrogen-bond donors (Lipinski definition) is 2. The fraction of sp³-hybridized carbons (Fsp3) is 0.310. The van der Waals surface area contributed by atoms with Crippen molar-refractivity contribution in [2.24, 2.45) is 0 Å². The van der Waals surface area contributed by atoms with Gasteiger partial charge in [0.2, 0.25) is 0 Å². The minimum absolute atomic E-state index is 0.0321. The third-order valence-electron chi connectivity index (χ3n) is 6.98. The lowest BCUT2D eigenvalue weighted by atomic mass is 9.72. The number of nitrogens with one attached hydrogen (secondary N) is 1. The van der Waals surface area contributed by atoms with Gasteiger partial charge in [-0.3, -0.25) is 4.79 Å². The highest BCUT2D eigenvalue weighted by atomic mass is 35.5. The third kappa shape index (κ3) is 4.59. The number of cyclic esters (lactones) is 1. The van der Waals surface area contributed by atoms with E-state index in [0.717, 1.165) is 23.3 Å². The lowest BCUT2D eigenvalue weighted by Gasteiger charge is -2.36. The number of para-hydroxylation sites is 1. The highest BCUT2D eigenvalue weighted by Crippen LogP contribution is 2.42. The van der Waals surface area contributed by atoms with E-state index < -0.39 is 16.9 Å². The molecule has 0 aliphatic carbocycles. The number of carbonyl (C=O) groups is 2. The van der Waals surface area contributed by atoms with Gasteiger partial charge in [-0.1, -0.05) is 61.8 Å². The molecule has 7 heteroatoms. The molecule has 3 aromatic rings. The predicted molar refractivity (Wildman–Crippen MR) is 138 cm³/mol. The molecule has 0 saturated heterocycles. The molecule has 186 valence electrons. The standard InChI is InChI=1S/C29H28ClNO5/c1-28(2,23-8-5-7-18-12-13-35-25(18)23)17-29(34,15-19-6-3-4-9-24(19)30)27(33)31-21-10-11-22-20(14-21)16-36-26(22)32/h3-11,14,34H,12-13,15-17H2,1-2H3,(H,31,33). The van der Waals surface area contributed by atoms with Crippen molar-refractivity contribution in [3.8, 4) is 5.75 Å². The SMILES string of the molecule is CC(C)(CC(O)(Cc1ccccc1Cl)C(=O)Nc1ccc2c(c1)COC2=O)c1cccc2c1OCC2. The summed E-state index contributed by atoms with van der Waals surface area (Å²) < 4.78 is 11.0. The van der Waals surface area contributed by atoms with E-state index in [1.807, 2.05) is 50.2 Å². The van der Waals surface area contributed by atoms with Crippen LogP contribution in [0.2, 0.25) is 5.02 Å². The maximum atomic E-state index is 13.7. The zero-order valence-corrected chi connectivity index (χ0v) is 21.0. The molecule has 6 nitrogen and oxygen atoms in total. The monoisotopic (exact) mass is 505 g/mol. The van der Waals surface area contributed by atoms with E-state index in [4.69, 9.17) is 21.1 Å². The molecule has 1 atom stereocenters. The van der Waals surface area contributed by atoms with Crippen LogP contribution in [0.1, 0.15) is 52.9 Å². The molecule has 5 rings (SSSR count). The third-order valence-corrected chi connectivity index (χ3v) is 7.35. The Hall–Kier alpha value is -3.35. The summed E-state index contributed by atoms with van der Waals surface area (Å²) in [6, 6.07) is 18.2. The molecule has 2 N–H and O–H groups in total. The Morgan fingerprint density at radius 1 is 1.06 bits per heavy atom. The molecule has 36 heavy (non-hydrogen) atoms. The van der Waals surface area contributed by atoms with Crippen LogP contribution in [0.3, 0.4) is 0 Å². The maximum absolute atomic E-state index is 13.7. The van der Waals surface area contributed by atoms with Crippen molar-refractivity contribution in [2.75, 3.05) is 11.9 Å². The molecular weight excluding hydrogens is 478 g/mol. The molecule has 0 spiro atoms. The molecule has 0 radical (unpaired) electrons. The predicted octanol–water partition coefficient (Wildman–Crippen LogP) is 5.23. The average molecular weight is 506 g/mol. The summed E-state index contributed by atoms with van der Waals surface area (Å²) in [7, 11) is 0. The molecule has 0 aromatic heterocycles. The van der Waals surface area contributed by atoms with Gasteiger partial charge in [0.15, 0.2) is 0 Å². The van der Waals surface area contributed by atoms with Gasteiger partial charge in [0.25, 0.3) is 5.91 Å². The zero-order valence-electron chi connectivity index (χ0n) is 20.3. The first-order chi connectivity index (χ1) is 17.2. The Morgan fingerprint density at radius 3 is 2.67 bits per heavy atom. The summed E-state index contributed by atoms with van der Waals surface area (Å²) in [6.45, 7) is 4.80. The molecule has 1 amide bonds. The van der Waals surface area contributed by atoms with Crippen LogP contribution in [-0.2, 0) is 34.4 Å². The van der Waals surface area contributed by atoms with Gasteiger partial charge < -0.3 is 19.9 Å². The van der Waals surface area contributed by atoms with Gasteiger partial charge in [-0.2, -0.15) is 0 Å². The van der Waals surface area contributed by atoms with Crippen molar-refractivity contribution in [1.82, 2.24) is 0 Å². The number of anilines is 1. The van der Waals surface area contributed by atoms with E-state index in [-0.39, 0.29) is 25.4 Å². The number of halogens is 1. The lowest BCUT2D eigenvalue weighted by molar-refractivity contribution is -0.136. The normalized spacial score (nSPS) is 15.9. The van der Waals surface area contributed by atoms with E-state index in [2.05, 4.69) is 5.32 Å². The summed E-state index contributed by atoms with van der Waals surface area (Å²) in [6.07, 6.45) is 1.00. The molecule has 0 fully saturated rings. The molecule has 3 aromatic carbocycles. The van der Waals surface area contributed by atoms with Crippen LogP contribution < -0.4 is 10.1 Å². The van der Waals surface area contributed by atoms with Gasteiger partial charge in [-0.25, -0.2) is 4.79 Å². The number of fused-ring (bicyclic) bond motifs is 2. The molecule has 0 bridgehead atoms. The van der Waals surface area contributed by atoms with Crippen LogP contribution in [0.15, 0.2) is 60.7 Å².